The van der Waals surface area contributed by atoms with Gasteiger partial charge in [0.05, 0.1) is 11.3 Å². The first kappa shape index (κ1) is 16.1. The summed E-state index contributed by atoms with van der Waals surface area (Å²) in [7, 11) is 0. The molecule has 0 atom stereocenters. The molecule has 0 saturated carbocycles. The summed E-state index contributed by atoms with van der Waals surface area (Å²) < 4.78 is 1.43. The Labute approximate surface area is 142 Å². The fourth-order valence-electron chi connectivity index (χ4n) is 2.26. The molecule has 126 valence electrons. The Morgan fingerprint density at radius 2 is 1.84 bits per heavy atom. The van der Waals surface area contributed by atoms with Crippen LogP contribution >= 0.6 is 0 Å². The van der Waals surface area contributed by atoms with Gasteiger partial charge in [-0.3, -0.25) is 4.79 Å². The lowest BCUT2D eigenvalue weighted by Crippen LogP contribution is -2.24. The molecule has 0 aliphatic carbocycles. The van der Waals surface area contributed by atoms with E-state index in [2.05, 4.69) is 26.2 Å². The number of rotatable bonds is 5. The molecule has 1 aromatic heterocycles. The maximum atomic E-state index is 12.5. The third kappa shape index (κ3) is 3.96. The molecule has 0 unspecified atom stereocenters. The van der Waals surface area contributed by atoms with Gasteiger partial charge >= 0.3 is 6.03 Å². The standard InChI is InChI=1S/C16H15N7O2/c17-16(25)20-12-7-5-11(6-8-12)9-18-15(24)13-3-1-2-4-14(13)23-10-19-21-22-23/h1-8,10H,9H2,(H,18,24)(H3,17,20,25). The molecule has 0 bridgehead atoms. The van der Waals surface area contributed by atoms with Crippen LogP contribution in [0.2, 0.25) is 0 Å². The third-order valence-electron chi connectivity index (χ3n) is 3.42. The number of anilines is 1. The molecule has 1 heterocycles. The summed E-state index contributed by atoms with van der Waals surface area (Å²) in [4.78, 5) is 23.3. The Kier molecular flexibility index (Phi) is 4.65. The molecule has 9 heteroatoms. The maximum Gasteiger partial charge on any atom is 0.316 e. The Morgan fingerprint density at radius 1 is 1.08 bits per heavy atom. The van der Waals surface area contributed by atoms with Crippen molar-refractivity contribution in [3.8, 4) is 5.69 Å². The van der Waals surface area contributed by atoms with E-state index in [0.717, 1.165) is 5.56 Å². The van der Waals surface area contributed by atoms with E-state index in [0.29, 0.717) is 23.5 Å². The van der Waals surface area contributed by atoms with E-state index in [1.54, 1.807) is 48.5 Å². The molecule has 0 aliphatic heterocycles. The van der Waals surface area contributed by atoms with Gasteiger partial charge in [-0.25, -0.2) is 4.79 Å². The lowest BCUT2D eigenvalue weighted by Gasteiger charge is -2.10. The summed E-state index contributed by atoms with van der Waals surface area (Å²) >= 11 is 0. The van der Waals surface area contributed by atoms with Gasteiger partial charge < -0.3 is 16.4 Å². The van der Waals surface area contributed by atoms with Gasteiger partial charge in [-0.15, -0.1) is 5.10 Å². The molecule has 3 aromatic rings. The number of urea groups is 1. The van der Waals surface area contributed by atoms with Crippen molar-refractivity contribution in [2.75, 3.05) is 5.32 Å². The molecule has 0 aliphatic rings. The summed E-state index contributed by atoms with van der Waals surface area (Å²) in [6.45, 7) is 0.333. The number of benzene rings is 2. The second kappa shape index (κ2) is 7.21. The maximum absolute atomic E-state index is 12.5. The van der Waals surface area contributed by atoms with Gasteiger partial charge in [-0.05, 0) is 40.3 Å². The summed E-state index contributed by atoms with van der Waals surface area (Å²) in [6, 6.07) is 13.4. The largest absolute Gasteiger partial charge is 0.351 e. The topological polar surface area (TPSA) is 128 Å². The second-order valence-corrected chi connectivity index (χ2v) is 5.14. The molecule has 25 heavy (non-hydrogen) atoms. The number of hydrogen-bond acceptors (Lipinski definition) is 5. The number of amides is 3. The number of carbonyl (C=O) groups is 2. The number of nitrogens with zero attached hydrogens (tertiary/aromatic N) is 4. The van der Waals surface area contributed by atoms with Gasteiger partial charge in [0.1, 0.15) is 6.33 Å². The van der Waals surface area contributed by atoms with E-state index >= 15 is 0 Å². The van der Waals surface area contributed by atoms with Crippen molar-refractivity contribution >= 4 is 17.6 Å². The highest BCUT2D eigenvalue weighted by Crippen LogP contribution is 2.13. The molecule has 9 nitrogen and oxygen atoms in total. The predicted molar refractivity (Wildman–Crippen MR) is 90.0 cm³/mol. The number of carbonyl (C=O) groups excluding carboxylic acids is 2. The van der Waals surface area contributed by atoms with Crippen LogP contribution in [0, 0.1) is 0 Å². The van der Waals surface area contributed by atoms with Gasteiger partial charge in [-0.1, -0.05) is 24.3 Å². The Morgan fingerprint density at radius 3 is 2.52 bits per heavy atom. The van der Waals surface area contributed by atoms with Crippen LogP contribution in [0.1, 0.15) is 15.9 Å². The summed E-state index contributed by atoms with van der Waals surface area (Å²) in [5.41, 5.74) is 7.57. The molecule has 4 N–H and O–H groups in total. The minimum absolute atomic E-state index is 0.245. The highest BCUT2D eigenvalue weighted by Gasteiger charge is 2.12. The van der Waals surface area contributed by atoms with Crippen molar-refractivity contribution < 1.29 is 9.59 Å². The van der Waals surface area contributed by atoms with Crippen molar-refractivity contribution in [1.29, 1.82) is 0 Å². The van der Waals surface area contributed by atoms with Crippen LogP contribution in [0.5, 0.6) is 0 Å². The molecule has 0 fully saturated rings. The van der Waals surface area contributed by atoms with Crippen molar-refractivity contribution in [3.05, 3.63) is 66.0 Å². The zero-order valence-electron chi connectivity index (χ0n) is 13.1. The zero-order valence-corrected chi connectivity index (χ0v) is 13.1. The van der Waals surface area contributed by atoms with Crippen LogP contribution in [0.15, 0.2) is 54.9 Å². The normalized spacial score (nSPS) is 10.2. The number of aromatic nitrogens is 4. The molecular weight excluding hydrogens is 322 g/mol. The minimum Gasteiger partial charge on any atom is -0.351 e. The lowest BCUT2D eigenvalue weighted by atomic mass is 10.1. The van der Waals surface area contributed by atoms with Crippen molar-refractivity contribution in [2.24, 2.45) is 5.73 Å². The van der Waals surface area contributed by atoms with Gasteiger partial charge in [0.2, 0.25) is 0 Å². The summed E-state index contributed by atoms with van der Waals surface area (Å²) in [6.07, 6.45) is 1.43. The average Bonchev–Trinajstić information content (AvgIpc) is 3.15. The predicted octanol–water partition coefficient (Wildman–Crippen LogP) is 1.08. The van der Waals surface area contributed by atoms with E-state index in [9.17, 15) is 9.59 Å². The molecule has 0 saturated heterocycles. The van der Waals surface area contributed by atoms with E-state index < -0.39 is 6.03 Å². The van der Waals surface area contributed by atoms with Crippen LogP contribution in [-0.4, -0.2) is 32.1 Å². The van der Waals surface area contributed by atoms with Crippen LogP contribution in [0.4, 0.5) is 10.5 Å². The fourth-order valence-corrected chi connectivity index (χ4v) is 2.26. The molecule has 3 rings (SSSR count). The quantitative estimate of drug-likeness (QED) is 0.642. The van der Waals surface area contributed by atoms with Crippen LogP contribution < -0.4 is 16.4 Å². The van der Waals surface area contributed by atoms with E-state index in [4.69, 9.17) is 5.73 Å². The summed E-state index contributed by atoms with van der Waals surface area (Å²) in [5.74, 6) is -0.245. The van der Waals surface area contributed by atoms with Crippen LogP contribution in [0.3, 0.4) is 0 Å². The van der Waals surface area contributed by atoms with E-state index in [-0.39, 0.29) is 5.91 Å². The first-order valence-corrected chi connectivity index (χ1v) is 7.39. The van der Waals surface area contributed by atoms with Gasteiger partial charge in [-0.2, -0.15) is 4.68 Å². The number of primary amides is 1. The third-order valence-corrected chi connectivity index (χ3v) is 3.42. The first-order chi connectivity index (χ1) is 12.1. The average molecular weight is 337 g/mol. The summed E-state index contributed by atoms with van der Waals surface area (Å²) in [5, 5.41) is 16.3. The van der Waals surface area contributed by atoms with Crippen molar-refractivity contribution in [2.45, 2.75) is 6.54 Å². The number of nitrogens with two attached hydrogens (primary N) is 1. The number of nitrogens with one attached hydrogen (secondary N) is 2. The Balaban J connectivity index is 1.68. The van der Waals surface area contributed by atoms with Crippen LogP contribution in [0.25, 0.3) is 5.69 Å². The monoisotopic (exact) mass is 337 g/mol. The fraction of sp³-hybridized carbons (Fsp3) is 0.0625. The SMILES string of the molecule is NC(=O)Nc1ccc(CNC(=O)c2ccccc2-n2cnnn2)cc1. The first-order valence-electron chi connectivity index (χ1n) is 7.39. The second-order valence-electron chi connectivity index (χ2n) is 5.14. The molecule has 0 radical (unpaired) electrons. The van der Waals surface area contributed by atoms with Crippen molar-refractivity contribution in [3.63, 3.8) is 0 Å². The Bertz CT molecular complexity index is 876. The lowest BCUT2D eigenvalue weighted by molar-refractivity contribution is 0.0950. The Hall–Kier alpha value is -3.75. The molecule has 0 spiro atoms. The highest BCUT2D eigenvalue weighted by atomic mass is 16.2. The van der Waals surface area contributed by atoms with Crippen molar-refractivity contribution in [1.82, 2.24) is 25.5 Å². The smallest absolute Gasteiger partial charge is 0.316 e. The number of para-hydroxylation sites is 1. The van der Waals surface area contributed by atoms with E-state index in [1.807, 2.05) is 0 Å². The molecule has 2 aromatic carbocycles. The van der Waals surface area contributed by atoms with Crippen LogP contribution in [-0.2, 0) is 6.54 Å². The number of tetrazole rings is 1. The molecule has 3 amide bonds. The minimum atomic E-state index is -0.625. The number of hydrogen-bond donors (Lipinski definition) is 3. The molecular formula is C16H15N7O2. The van der Waals surface area contributed by atoms with E-state index in [1.165, 1.54) is 11.0 Å². The van der Waals surface area contributed by atoms with Gasteiger partial charge in [0.15, 0.2) is 0 Å². The van der Waals surface area contributed by atoms with Gasteiger partial charge in [0, 0.05) is 12.2 Å². The highest BCUT2D eigenvalue weighted by molar-refractivity contribution is 5.97. The zero-order chi connectivity index (χ0) is 17.6. The van der Waals surface area contributed by atoms with Gasteiger partial charge in [0.25, 0.3) is 5.91 Å².